The van der Waals surface area contributed by atoms with Gasteiger partial charge < -0.3 is 14.6 Å². The van der Waals surface area contributed by atoms with Crippen molar-refractivity contribution < 1.29 is 29.0 Å². The number of carbonyl (C=O) groups is 3. The summed E-state index contributed by atoms with van der Waals surface area (Å²) >= 11 is 0. The van der Waals surface area contributed by atoms with Crippen LogP contribution in [0.1, 0.15) is 6.42 Å². The molecule has 2 aliphatic heterocycles. The van der Waals surface area contributed by atoms with Crippen LogP contribution in [0.3, 0.4) is 0 Å². The van der Waals surface area contributed by atoms with Gasteiger partial charge in [0.05, 0.1) is 6.08 Å². The van der Waals surface area contributed by atoms with Gasteiger partial charge in [-0.3, -0.25) is 9.59 Å². The van der Waals surface area contributed by atoms with E-state index in [0.717, 1.165) is 6.08 Å². The number of ether oxygens (including phenoxy) is 2. The first-order valence-corrected chi connectivity index (χ1v) is 3.81. The summed E-state index contributed by atoms with van der Waals surface area (Å²) in [6, 6.07) is 0. The van der Waals surface area contributed by atoms with E-state index in [-0.39, 0.29) is 31.2 Å². The Morgan fingerprint density at radius 3 is 2.00 bits per heavy atom. The van der Waals surface area contributed by atoms with Crippen molar-refractivity contribution in [2.24, 2.45) is 0 Å². The first-order chi connectivity index (χ1) is 6.58. The molecule has 2 heterocycles. The van der Waals surface area contributed by atoms with Crippen LogP contribution in [0, 0.1) is 0 Å². The van der Waals surface area contributed by atoms with Gasteiger partial charge in [-0.15, -0.1) is 0 Å². The molecular formula is C8H8O6. The van der Waals surface area contributed by atoms with Crippen molar-refractivity contribution in [2.45, 2.75) is 6.42 Å². The Balaban J connectivity index is 0.000000140. The first kappa shape index (κ1) is 10.2. The summed E-state index contributed by atoms with van der Waals surface area (Å²) in [5, 5.41) is 8.41. The van der Waals surface area contributed by atoms with E-state index >= 15 is 0 Å². The number of rotatable bonds is 0. The maximum Gasteiger partial charge on any atom is 0.334 e. The maximum absolute atomic E-state index is 10.1. The molecule has 6 heteroatoms. The molecule has 0 spiro atoms. The Labute approximate surface area is 79.1 Å². The number of hydrogen-bond donors (Lipinski definition) is 1. The highest BCUT2D eigenvalue weighted by molar-refractivity contribution is 6.01. The van der Waals surface area contributed by atoms with Crippen LogP contribution in [-0.4, -0.2) is 36.0 Å². The SMILES string of the molecule is O=C1C=C(O)CO1.O=C1COC(=O)C1. The number of carbonyl (C=O) groups excluding carboxylic acids is 3. The Morgan fingerprint density at radius 1 is 1.14 bits per heavy atom. The molecular weight excluding hydrogens is 192 g/mol. The minimum absolute atomic E-state index is 0.00463. The summed E-state index contributed by atoms with van der Waals surface area (Å²) in [6.45, 7) is 0.0255. The van der Waals surface area contributed by atoms with Crippen LogP contribution < -0.4 is 0 Å². The van der Waals surface area contributed by atoms with Crippen LogP contribution in [0.25, 0.3) is 0 Å². The van der Waals surface area contributed by atoms with Crippen molar-refractivity contribution in [1.29, 1.82) is 0 Å². The van der Waals surface area contributed by atoms with Gasteiger partial charge in [-0.1, -0.05) is 0 Å². The zero-order valence-electron chi connectivity index (χ0n) is 7.19. The molecule has 0 aliphatic carbocycles. The average Bonchev–Trinajstić information content (AvgIpc) is 2.63. The van der Waals surface area contributed by atoms with Crippen LogP contribution in [0.15, 0.2) is 11.8 Å². The molecule has 0 bridgehead atoms. The lowest BCUT2D eigenvalue weighted by Gasteiger charge is -1.84. The fourth-order valence-corrected chi connectivity index (χ4v) is 0.788. The molecule has 2 rings (SSSR count). The van der Waals surface area contributed by atoms with E-state index in [1.54, 1.807) is 0 Å². The average molecular weight is 200 g/mol. The molecule has 0 saturated carbocycles. The molecule has 1 N–H and O–H groups in total. The van der Waals surface area contributed by atoms with Gasteiger partial charge in [-0.2, -0.15) is 0 Å². The van der Waals surface area contributed by atoms with E-state index in [9.17, 15) is 14.4 Å². The second kappa shape index (κ2) is 4.40. The third kappa shape index (κ3) is 3.26. The minimum Gasteiger partial charge on any atom is -0.508 e. The van der Waals surface area contributed by atoms with Crippen molar-refractivity contribution in [3.05, 3.63) is 11.8 Å². The van der Waals surface area contributed by atoms with Gasteiger partial charge in [-0.05, 0) is 0 Å². The lowest BCUT2D eigenvalue weighted by Crippen LogP contribution is -1.91. The molecule has 0 aromatic carbocycles. The van der Waals surface area contributed by atoms with Gasteiger partial charge in [0.2, 0.25) is 0 Å². The van der Waals surface area contributed by atoms with Crippen molar-refractivity contribution in [2.75, 3.05) is 13.2 Å². The number of ketones is 1. The molecule has 1 fully saturated rings. The number of esters is 2. The predicted molar refractivity (Wildman–Crippen MR) is 42.3 cm³/mol. The van der Waals surface area contributed by atoms with Crippen LogP contribution in [0.5, 0.6) is 0 Å². The number of cyclic esters (lactones) is 2. The normalized spacial score (nSPS) is 19.4. The molecule has 0 aromatic heterocycles. The Morgan fingerprint density at radius 2 is 1.86 bits per heavy atom. The van der Waals surface area contributed by atoms with E-state index in [0.29, 0.717) is 0 Å². The monoisotopic (exact) mass is 200 g/mol. The van der Waals surface area contributed by atoms with Gasteiger partial charge in [0.1, 0.15) is 18.8 Å². The lowest BCUT2D eigenvalue weighted by atomic mass is 10.3. The highest BCUT2D eigenvalue weighted by Gasteiger charge is 2.18. The van der Waals surface area contributed by atoms with E-state index in [1.807, 2.05) is 0 Å². The van der Waals surface area contributed by atoms with Gasteiger partial charge in [0, 0.05) is 0 Å². The smallest absolute Gasteiger partial charge is 0.334 e. The number of aliphatic hydroxyl groups is 1. The van der Waals surface area contributed by atoms with Crippen LogP contribution in [0.2, 0.25) is 0 Å². The largest absolute Gasteiger partial charge is 0.508 e. The van der Waals surface area contributed by atoms with Crippen molar-refractivity contribution in [1.82, 2.24) is 0 Å². The second-order valence-corrected chi connectivity index (χ2v) is 2.62. The van der Waals surface area contributed by atoms with Crippen molar-refractivity contribution in [3.63, 3.8) is 0 Å². The molecule has 0 unspecified atom stereocenters. The van der Waals surface area contributed by atoms with Gasteiger partial charge in [0.15, 0.2) is 12.4 Å². The highest BCUT2D eigenvalue weighted by Crippen LogP contribution is 1.99. The molecule has 2 aliphatic rings. The second-order valence-electron chi connectivity index (χ2n) is 2.62. The lowest BCUT2D eigenvalue weighted by molar-refractivity contribution is -0.138. The van der Waals surface area contributed by atoms with Gasteiger partial charge >= 0.3 is 11.9 Å². The van der Waals surface area contributed by atoms with E-state index in [2.05, 4.69) is 9.47 Å². The zero-order valence-corrected chi connectivity index (χ0v) is 7.19. The Bertz CT molecular complexity index is 289. The summed E-state index contributed by atoms with van der Waals surface area (Å²) in [5.74, 6) is -0.975. The van der Waals surface area contributed by atoms with Crippen molar-refractivity contribution >= 4 is 17.7 Å². The first-order valence-electron chi connectivity index (χ1n) is 3.81. The molecule has 6 nitrogen and oxygen atoms in total. The van der Waals surface area contributed by atoms with E-state index in [4.69, 9.17) is 5.11 Å². The quantitative estimate of drug-likeness (QED) is 0.418. The van der Waals surface area contributed by atoms with Crippen molar-refractivity contribution in [3.8, 4) is 0 Å². The van der Waals surface area contributed by atoms with Crippen LogP contribution >= 0.6 is 0 Å². The topological polar surface area (TPSA) is 89.9 Å². The van der Waals surface area contributed by atoms with Gasteiger partial charge in [-0.25, -0.2) is 4.79 Å². The third-order valence-electron chi connectivity index (χ3n) is 1.38. The van der Waals surface area contributed by atoms with Crippen LogP contribution in [-0.2, 0) is 23.9 Å². The third-order valence-corrected chi connectivity index (χ3v) is 1.38. The molecule has 14 heavy (non-hydrogen) atoms. The number of aliphatic hydroxyl groups excluding tert-OH is 1. The number of Topliss-reactive ketones (excluding diaryl/α,β-unsaturated/α-hetero) is 1. The summed E-state index contributed by atoms with van der Waals surface area (Å²) in [5.41, 5.74) is 0. The summed E-state index contributed by atoms with van der Waals surface area (Å²) in [4.78, 5) is 30.1. The standard InChI is InChI=1S/2C4H4O3/c2*5-3-1-4(6)7-2-3/h1-2H2;1,5H,2H2. The fraction of sp³-hybridized carbons (Fsp3) is 0.375. The fourth-order valence-electron chi connectivity index (χ4n) is 0.788. The molecule has 1 saturated heterocycles. The molecule has 76 valence electrons. The van der Waals surface area contributed by atoms with E-state index < -0.39 is 11.9 Å². The summed E-state index contributed by atoms with van der Waals surface area (Å²) in [7, 11) is 0. The Kier molecular flexibility index (Phi) is 3.22. The molecule has 0 amide bonds. The molecule has 0 aromatic rings. The number of hydrogen-bond acceptors (Lipinski definition) is 6. The van der Waals surface area contributed by atoms with Crippen LogP contribution in [0.4, 0.5) is 0 Å². The highest BCUT2D eigenvalue weighted by atomic mass is 16.5. The molecule has 0 atom stereocenters. The summed E-state index contributed by atoms with van der Waals surface area (Å²) in [6.07, 6.45) is 1.03. The van der Waals surface area contributed by atoms with E-state index in [1.165, 1.54) is 0 Å². The molecule has 0 radical (unpaired) electrons. The van der Waals surface area contributed by atoms with Gasteiger partial charge in [0.25, 0.3) is 0 Å². The zero-order chi connectivity index (χ0) is 10.6. The Hall–Kier alpha value is -1.85. The minimum atomic E-state index is -0.461. The predicted octanol–water partition coefficient (Wildman–Crippen LogP) is -0.512. The maximum atomic E-state index is 10.1. The summed E-state index contributed by atoms with van der Waals surface area (Å²) < 4.78 is 8.56.